The minimum Gasteiger partial charge on any atom is -0.545 e. The molecule has 16 heteroatoms. The lowest BCUT2D eigenvalue weighted by atomic mass is 10.0. The number of benzene rings is 1. The molecule has 2 rings (SSSR count). The number of aliphatic hydroxyl groups excluding tert-OH is 1. The maximum Gasteiger partial charge on any atom is 0.0643 e. The van der Waals surface area contributed by atoms with Crippen LogP contribution in [-0.2, 0) is 28.8 Å². The fraction of sp³-hybridized carbons (Fsp3) is 0.400. The summed E-state index contributed by atoms with van der Waals surface area (Å²) in [4.78, 5) is 63.9. The van der Waals surface area contributed by atoms with Crippen LogP contribution in [0.25, 0.3) is 0 Å². The van der Waals surface area contributed by atoms with Crippen LogP contribution in [0.2, 0.25) is 0 Å². The van der Waals surface area contributed by atoms with Gasteiger partial charge in [-0.2, -0.15) is 0 Å². The van der Waals surface area contributed by atoms with Crippen molar-refractivity contribution in [2.24, 2.45) is 0 Å². The molecule has 1 unspecified atom stereocenters. The number of aliphatic hydroxyl groups is 1. The van der Waals surface area contributed by atoms with Gasteiger partial charge in [0.05, 0.1) is 35.8 Å². The summed E-state index contributed by atoms with van der Waals surface area (Å²) in [5, 5.41) is 65.5. The van der Waals surface area contributed by atoms with E-state index in [9.17, 15) is 59.4 Å². The SMILES string of the molecule is CN(C)CCC(c1ccccc1)N1CCN(CCCO)CC1.O=C([O-])/C=C\C(=O)[O-].O=C([O-])/C=C\C(=O)[O-].O=C([O-])/C=C\C(=O)[O-]. The Labute approximate surface area is 266 Å². The van der Waals surface area contributed by atoms with Gasteiger partial charge in [-0.05, 0) is 75.5 Å². The second kappa shape index (κ2) is 26.5. The van der Waals surface area contributed by atoms with Crippen molar-refractivity contribution >= 4 is 35.8 Å². The molecule has 1 atom stereocenters. The smallest absolute Gasteiger partial charge is 0.0643 e. The van der Waals surface area contributed by atoms with Crippen LogP contribution >= 0.6 is 0 Å². The topological polar surface area (TPSA) is 271 Å². The number of piperazine rings is 1. The lowest BCUT2D eigenvalue weighted by Crippen LogP contribution is -2.48. The number of carboxylic acid groups (broad SMARTS) is 6. The van der Waals surface area contributed by atoms with E-state index in [0.29, 0.717) is 49.1 Å². The first kappa shape index (κ1) is 43.2. The molecule has 0 aliphatic carbocycles. The van der Waals surface area contributed by atoms with Crippen LogP contribution in [0.3, 0.4) is 0 Å². The zero-order chi connectivity index (χ0) is 35.5. The van der Waals surface area contributed by atoms with Gasteiger partial charge in [0, 0.05) is 45.4 Å². The molecular weight excluding hydrogens is 610 g/mol. The molecule has 0 aromatic heterocycles. The first-order valence-corrected chi connectivity index (χ1v) is 13.7. The van der Waals surface area contributed by atoms with E-state index < -0.39 is 35.8 Å². The zero-order valence-electron chi connectivity index (χ0n) is 25.5. The first-order valence-electron chi connectivity index (χ1n) is 13.7. The molecule has 0 saturated carbocycles. The fourth-order valence-electron chi connectivity index (χ4n) is 3.62. The lowest BCUT2D eigenvalue weighted by Gasteiger charge is -2.40. The van der Waals surface area contributed by atoms with Crippen molar-refractivity contribution in [3.63, 3.8) is 0 Å². The van der Waals surface area contributed by atoms with Gasteiger partial charge in [0.15, 0.2) is 0 Å². The Hall–Kier alpha value is -4.90. The molecule has 0 amide bonds. The van der Waals surface area contributed by atoms with E-state index in [0.717, 1.165) is 45.7 Å². The highest BCUT2D eigenvalue weighted by Crippen LogP contribution is 2.25. The molecule has 1 aliphatic heterocycles. The number of carbonyl (C=O) groups excluding carboxylic acids is 6. The molecule has 1 N–H and O–H groups in total. The standard InChI is InChI=1S/C18H31N3O.3C4H4O4/c1-19(2)11-9-18(17-7-4-3-5-8-17)21-14-12-20(13-15-21)10-6-16-22;3*5-3(6)1-2-4(7)8/h3-5,7-8,18,22H,6,9-16H2,1-2H3;3*1-2H,(H,5,6)(H,7,8)/p-6/b;3*2-1-. The van der Waals surface area contributed by atoms with Crippen LogP contribution in [0.1, 0.15) is 24.4 Å². The molecule has 1 aromatic carbocycles. The lowest BCUT2D eigenvalue weighted by molar-refractivity contribution is -0.301. The second-order valence-corrected chi connectivity index (χ2v) is 9.39. The predicted molar refractivity (Wildman–Crippen MR) is 150 cm³/mol. The molecule has 0 bridgehead atoms. The van der Waals surface area contributed by atoms with Gasteiger partial charge in [-0.1, -0.05) is 30.3 Å². The summed E-state index contributed by atoms with van der Waals surface area (Å²) >= 11 is 0. The van der Waals surface area contributed by atoms with Crippen LogP contribution in [0.5, 0.6) is 0 Å². The predicted octanol–water partition coefficient (Wildman–Crippen LogP) is -7.19. The highest BCUT2D eigenvalue weighted by molar-refractivity contribution is 5.88. The van der Waals surface area contributed by atoms with E-state index >= 15 is 0 Å². The van der Waals surface area contributed by atoms with Crippen LogP contribution in [-0.4, -0.2) is 116 Å². The Morgan fingerprint density at radius 1 is 0.696 bits per heavy atom. The number of carbonyl (C=O) groups is 6. The summed E-state index contributed by atoms with van der Waals surface area (Å²) in [5.41, 5.74) is 1.44. The third kappa shape index (κ3) is 27.9. The number of carboxylic acids is 6. The van der Waals surface area contributed by atoms with E-state index in [1.165, 1.54) is 12.0 Å². The van der Waals surface area contributed by atoms with Crippen molar-refractivity contribution in [2.75, 3.05) is 60.0 Å². The number of hydrogen-bond donors (Lipinski definition) is 1. The Morgan fingerprint density at radius 3 is 1.37 bits per heavy atom. The van der Waals surface area contributed by atoms with Gasteiger partial charge in [-0.3, -0.25) is 4.90 Å². The molecular formula is C30H37N3O13-6. The van der Waals surface area contributed by atoms with Gasteiger partial charge in [-0.25, -0.2) is 0 Å². The van der Waals surface area contributed by atoms with Crippen molar-refractivity contribution in [1.82, 2.24) is 14.7 Å². The second-order valence-electron chi connectivity index (χ2n) is 9.39. The quantitative estimate of drug-likeness (QED) is 0.184. The van der Waals surface area contributed by atoms with Gasteiger partial charge in [0.25, 0.3) is 0 Å². The highest BCUT2D eigenvalue weighted by atomic mass is 16.4. The van der Waals surface area contributed by atoms with Gasteiger partial charge in [-0.15, -0.1) is 0 Å². The van der Waals surface area contributed by atoms with Crippen molar-refractivity contribution in [2.45, 2.75) is 18.9 Å². The number of aliphatic carboxylic acids is 6. The maximum absolute atomic E-state index is 9.41. The average Bonchev–Trinajstić information content (AvgIpc) is 2.99. The van der Waals surface area contributed by atoms with Crippen molar-refractivity contribution in [1.29, 1.82) is 0 Å². The van der Waals surface area contributed by atoms with E-state index in [1.807, 2.05) is 0 Å². The minimum atomic E-state index is -1.55. The van der Waals surface area contributed by atoms with Crippen molar-refractivity contribution in [3.05, 3.63) is 72.4 Å². The molecule has 1 aliphatic rings. The molecule has 0 radical (unpaired) electrons. The monoisotopic (exact) mass is 647 g/mol. The van der Waals surface area contributed by atoms with Gasteiger partial charge < -0.3 is 74.3 Å². The number of nitrogens with zero attached hydrogens (tertiary/aromatic N) is 3. The van der Waals surface area contributed by atoms with E-state index in [2.05, 4.69) is 59.1 Å². The molecule has 1 aromatic rings. The van der Waals surface area contributed by atoms with Gasteiger partial charge >= 0.3 is 0 Å². The Balaban J connectivity index is 0. The molecule has 46 heavy (non-hydrogen) atoms. The van der Waals surface area contributed by atoms with E-state index in [4.69, 9.17) is 5.11 Å². The summed E-state index contributed by atoms with van der Waals surface area (Å²) in [5.74, 6) is -9.28. The van der Waals surface area contributed by atoms with Gasteiger partial charge in [0.1, 0.15) is 0 Å². The fourth-order valence-corrected chi connectivity index (χ4v) is 3.62. The molecule has 1 fully saturated rings. The third-order valence-corrected chi connectivity index (χ3v) is 5.58. The largest absolute Gasteiger partial charge is 0.545 e. The number of hydrogen-bond acceptors (Lipinski definition) is 16. The molecule has 1 heterocycles. The van der Waals surface area contributed by atoms with Crippen molar-refractivity contribution in [3.8, 4) is 0 Å². The molecule has 256 valence electrons. The Bertz CT molecular complexity index is 1030. The highest BCUT2D eigenvalue weighted by Gasteiger charge is 2.24. The summed E-state index contributed by atoms with van der Waals surface area (Å²) in [7, 11) is 4.30. The number of rotatable bonds is 14. The van der Waals surface area contributed by atoms with Crippen LogP contribution in [0.15, 0.2) is 66.8 Å². The van der Waals surface area contributed by atoms with Crippen LogP contribution in [0.4, 0.5) is 0 Å². The first-order chi connectivity index (χ1) is 21.6. The molecule has 0 spiro atoms. The Morgan fingerprint density at radius 2 is 1.07 bits per heavy atom. The van der Waals surface area contributed by atoms with E-state index in [-0.39, 0.29) is 0 Å². The molecule has 1 saturated heterocycles. The summed E-state index contributed by atoms with van der Waals surface area (Å²) in [6, 6.07) is 11.4. The maximum atomic E-state index is 9.41. The molecule has 16 nitrogen and oxygen atoms in total. The van der Waals surface area contributed by atoms with Gasteiger partial charge in [0.2, 0.25) is 0 Å². The Kier molecular flexibility index (Phi) is 24.9. The van der Waals surface area contributed by atoms with Crippen molar-refractivity contribution < 1.29 is 64.5 Å². The zero-order valence-corrected chi connectivity index (χ0v) is 25.5. The summed E-state index contributed by atoms with van der Waals surface area (Å²) < 4.78 is 0. The third-order valence-electron chi connectivity index (χ3n) is 5.58. The summed E-state index contributed by atoms with van der Waals surface area (Å²) in [6.45, 7) is 6.92. The average molecular weight is 648 g/mol. The minimum absolute atomic E-state index is 0.301. The normalized spacial score (nSPS) is 13.9. The summed E-state index contributed by atoms with van der Waals surface area (Å²) in [6.07, 6.45) is 4.37. The van der Waals surface area contributed by atoms with Crippen LogP contribution < -0.4 is 30.6 Å². The van der Waals surface area contributed by atoms with E-state index in [1.54, 1.807) is 0 Å². The van der Waals surface area contributed by atoms with Crippen LogP contribution in [0, 0.1) is 0 Å².